The summed E-state index contributed by atoms with van der Waals surface area (Å²) >= 11 is 0. The predicted molar refractivity (Wildman–Crippen MR) is 104 cm³/mol. The Morgan fingerprint density at radius 1 is 1.07 bits per heavy atom. The van der Waals surface area contributed by atoms with E-state index in [1.807, 2.05) is 12.1 Å². The molecule has 1 aliphatic heterocycles. The van der Waals surface area contributed by atoms with Crippen molar-refractivity contribution in [3.63, 3.8) is 0 Å². The van der Waals surface area contributed by atoms with E-state index in [-0.39, 0.29) is 10.9 Å². The molecule has 1 fully saturated rings. The van der Waals surface area contributed by atoms with Gasteiger partial charge < -0.3 is 10.2 Å². The third kappa shape index (κ3) is 2.77. The van der Waals surface area contributed by atoms with Gasteiger partial charge in [0.1, 0.15) is 5.52 Å². The van der Waals surface area contributed by atoms with Crippen molar-refractivity contribution >= 4 is 27.5 Å². The van der Waals surface area contributed by atoms with Crippen molar-refractivity contribution < 1.29 is 8.78 Å². The molecule has 0 unspecified atom stereocenters. The minimum absolute atomic E-state index is 0.00482. The molecule has 6 nitrogen and oxygen atoms in total. The molecule has 0 saturated carbocycles. The molecular weight excluding hydrogens is 362 g/mol. The smallest absolute Gasteiger partial charge is 0.219 e. The Balaban J connectivity index is 1.56. The molecule has 8 heteroatoms. The van der Waals surface area contributed by atoms with Gasteiger partial charge in [-0.3, -0.25) is 0 Å². The zero-order chi connectivity index (χ0) is 19.3. The topological polar surface area (TPSA) is 58.9 Å². The standard InChI is InChI=1S/C20H18F2N6/c1-27-19(22)15-9-12(10-16(21)18(15)26-27)20-24-11-13-8-14(2-3-17(13)25-20)28-6-4-23-5-7-28/h2-3,8-11,23H,4-7H2,1H3. The molecule has 0 aliphatic carbocycles. The molecule has 3 heterocycles. The maximum Gasteiger partial charge on any atom is 0.219 e. The number of hydrogen-bond acceptors (Lipinski definition) is 5. The van der Waals surface area contributed by atoms with Crippen LogP contribution in [-0.2, 0) is 7.05 Å². The average Bonchev–Trinajstić information content (AvgIpc) is 3.02. The van der Waals surface area contributed by atoms with E-state index in [1.54, 1.807) is 6.20 Å². The monoisotopic (exact) mass is 380 g/mol. The minimum Gasteiger partial charge on any atom is -0.369 e. The summed E-state index contributed by atoms with van der Waals surface area (Å²) in [4.78, 5) is 11.3. The van der Waals surface area contributed by atoms with E-state index in [9.17, 15) is 8.78 Å². The van der Waals surface area contributed by atoms with Gasteiger partial charge in [0, 0.05) is 56.1 Å². The van der Waals surface area contributed by atoms with Gasteiger partial charge in [0.05, 0.1) is 10.9 Å². The van der Waals surface area contributed by atoms with E-state index >= 15 is 0 Å². The van der Waals surface area contributed by atoms with Crippen LogP contribution in [0.25, 0.3) is 33.2 Å². The van der Waals surface area contributed by atoms with Crippen molar-refractivity contribution in [1.82, 2.24) is 25.1 Å². The second-order valence-corrected chi connectivity index (χ2v) is 6.94. The van der Waals surface area contributed by atoms with E-state index in [0.717, 1.165) is 47.5 Å². The van der Waals surface area contributed by atoms with Crippen molar-refractivity contribution in [2.45, 2.75) is 0 Å². The summed E-state index contributed by atoms with van der Waals surface area (Å²) in [5, 5.41) is 8.24. The first-order valence-electron chi connectivity index (χ1n) is 9.15. The van der Waals surface area contributed by atoms with E-state index in [4.69, 9.17) is 0 Å². The SMILES string of the molecule is Cn1nc2c(F)cc(-c3ncc4cc(N5CCNCC5)ccc4n3)cc2c1F. The van der Waals surface area contributed by atoms with Gasteiger partial charge in [-0.1, -0.05) is 0 Å². The lowest BCUT2D eigenvalue weighted by Crippen LogP contribution is -2.43. The molecule has 2 aromatic heterocycles. The lowest BCUT2D eigenvalue weighted by molar-refractivity contribution is 0.511. The van der Waals surface area contributed by atoms with Gasteiger partial charge in [0.25, 0.3) is 0 Å². The molecule has 1 N–H and O–H groups in total. The number of nitrogens with one attached hydrogen (secondary N) is 1. The highest BCUT2D eigenvalue weighted by atomic mass is 19.1. The third-order valence-corrected chi connectivity index (χ3v) is 5.12. The molecule has 0 amide bonds. The van der Waals surface area contributed by atoms with Crippen LogP contribution in [0.15, 0.2) is 36.5 Å². The molecule has 1 saturated heterocycles. The van der Waals surface area contributed by atoms with Crippen LogP contribution in [0.1, 0.15) is 0 Å². The molecule has 5 rings (SSSR count). The van der Waals surface area contributed by atoms with Crippen LogP contribution < -0.4 is 10.2 Å². The van der Waals surface area contributed by atoms with Crippen molar-refractivity contribution in [3.05, 3.63) is 48.3 Å². The summed E-state index contributed by atoms with van der Waals surface area (Å²) in [5.41, 5.74) is 2.32. The van der Waals surface area contributed by atoms with Gasteiger partial charge in [-0.05, 0) is 30.3 Å². The van der Waals surface area contributed by atoms with Gasteiger partial charge in [-0.15, -0.1) is 0 Å². The normalized spacial score (nSPS) is 14.9. The zero-order valence-electron chi connectivity index (χ0n) is 15.3. The molecule has 0 atom stereocenters. The first-order chi connectivity index (χ1) is 13.6. The molecule has 142 valence electrons. The number of benzene rings is 2. The van der Waals surface area contributed by atoms with Gasteiger partial charge in [0.2, 0.25) is 5.95 Å². The average molecular weight is 380 g/mol. The fourth-order valence-corrected chi connectivity index (χ4v) is 3.63. The van der Waals surface area contributed by atoms with Gasteiger partial charge in [-0.2, -0.15) is 9.49 Å². The van der Waals surface area contributed by atoms with Crippen LogP contribution >= 0.6 is 0 Å². The van der Waals surface area contributed by atoms with Crippen molar-refractivity contribution in [2.75, 3.05) is 31.1 Å². The maximum absolute atomic E-state index is 14.4. The number of rotatable bonds is 2. The summed E-state index contributed by atoms with van der Waals surface area (Å²) < 4.78 is 29.6. The van der Waals surface area contributed by atoms with Crippen molar-refractivity contribution in [2.24, 2.45) is 7.05 Å². The molecule has 2 aromatic carbocycles. The molecule has 0 spiro atoms. The fourth-order valence-electron chi connectivity index (χ4n) is 3.63. The van der Waals surface area contributed by atoms with E-state index in [2.05, 4.69) is 31.3 Å². The Morgan fingerprint density at radius 2 is 1.89 bits per heavy atom. The van der Waals surface area contributed by atoms with Crippen molar-refractivity contribution in [3.8, 4) is 11.4 Å². The quantitative estimate of drug-likeness (QED) is 0.580. The number of anilines is 1. The van der Waals surface area contributed by atoms with E-state index < -0.39 is 11.8 Å². The van der Waals surface area contributed by atoms with Crippen LogP contribution in [0.3, 0.4) is 0 Å². The molecule has 0 radical (unpaired) electrons. The Kier molecular flexibility index (Phi) is 3.94. The lowest BCUT2D eigenvalue weighted by atomic mass is 10.1. The number of nitrogens with zero attached hydrogens (tertiary/aromatic N) is 5. The first kappa shape index (κ1) is 17.0. The van der Waals surface area contributed by atoms with Crippen LogP contribution in [0.5, 0.6) is 0 Å². The second-order valence-electron chi connectivity index (χ2n) is 6.94. The summed E-state index contributed by atoms with van der Waals surface area (Å²) in [6.45, 7) is 3.85. The third-order valence-electron chi connectivity index (χ3n) is 5.12. The number of halogens is 2. The van der Waals surface area contributed by atoms with Crippen LogP contribution in [0.4, 0.5) is 14.5 Å². The summed E-state index contributed by atoms with van der Waals surface area (Å²) in [5.74, 6) is -0.826. The number of aromatic nitrogens is 4. The number of piperazine rings is 1. The summed E-state index contributed by atoms with van der Waals surface area (Å²) in [6.07, 6.45) is 1.73. The first-order valence-corrected chi connectivity index (χ1v) is 9.15. The number of hydrogen-bond donors (Lipinski definition) is 1. The predicted octanol–water partition coefficient (Wildman–Crippen LogP) is 2.87. The van der Waals surface area contributed by atoms with E-state index in [0.29, 0.717) is 11.4 Å². The maximum atomic E-state index is 14.4. The Labute approximate surface area is 159 Å². The molecule has 0 bridgehead atoms. The molecule has 1 aliphatic rings. The number of fused-ring (bicyclic) bond motifs is 2. The number of aryl methyl sites for hydroxylation is 1. The second kappa shape index (κ2) is 6.49. The van der Waals surface area contributed by atoms with Gasteiger partial charge in [-0.25, -0.2) is 19.0 Å². The van der Waals surface area contributed by atoms with Crippen LogP contribution in [0.2, 0.25) is 0 Å². The molecule has 4 aromatic rings. The highest BCUT2D eigenvalue weighted by Gasteiger charge is 2.16. The largest absolute Gasteiger partial charge is 0.369 e. The highest BCUT2D eigenvalue weighted by molar-refractivity contribution is 5.86. The lowest BCUT2D eigenvalue weighted by Gasteiger charge is -2.29. The molecular formula is C20H18F2N6. The summed E-state index contributed by atoms with van der Waals surface area (Å²) in [7, 11) is 1.44. The highest BCUT2D eigenvalue weighted by Crippen LogP contribution is 2.28. The Hall–Kier alpha value is -3.13. The van der Waals surface area contributed by atoms with Gasteiger partial charge in [0.15, 0.2) is 11.6 Å². The van der Waals surface area contributed by atoms with Crippen LogP contribution in [0, 0.1) is 11.8 Å². The Bertz CT molecular complexity index is 1200. The van der Waals surface area contributed by atoms with Gasteiger partial charge >= 0.3 is 0 Å². The van der Waals surface area contributed by atoms with E-state index in [1.165, 1.54) is 19.2 Å². The van der Waals surface area contributed by atoms with Crippen molar-refractivity contribution in [1.29, 1.82) is 0 Å². The van der Waals surface area contributed by atoms with Crippen LogP contribution in [-0.4, -0.2) is 45.9 Å². The summed E-state index contributed by atoms with van der Waals surface area (Å²) in [6, 6.07) is 8.88. The minimum atomic E-state index is -0.593. The zero-order valence-corrected chi connectivity index (χ0v) is 15.3. The molecule has 28 heavy (non-hydrogen) atoms. The Morgan fingerprint density at radius 3 is 2.71 bits per heavy atom. The fraction of sp³-hybridized carbons (Fsp3) is 0.250.